The van der Waals surface area contributed by atoms with Gasteiger partial charge in [0.15, 0.2) is 0 Å². The van der Waals surface area contributed by atoms with Crippen LogP contribution in [-0.2, 0) is 22.7 Å². The van der Waals surface area contributed by atoms with Gasteiger partial charge in [-0.05, 0) is 24.5 Å². The lowest BCUT2D eigenvalue weighted by atomic mass is 9.82. The lowest BCUT2D eigenvalue weighted by Crippen LogP contribution is -2.50. The highest BCUT2D eigenvalue weighted by Gasteiger charge is 2.41. The zero-order chi connectivity index (χ0) is 21.5. The summed E-state index contributed by atoms with van der Waals surface area (Å²) in [6.07, 6.45) is 1.27. The number of rotatable bonds is 4. The van der Waals surface area contributed by atoms with E-state index in [0.29, 0.717) is 32.7 Å². The number of fused-ring (bicyclic) bond motifs is 4. The highest BCUT2D eigenvalue weighted by atomic mass is 16.5. The van der Waals surface area contributed by atoms with Crippen LogP contribution >= 0.6 is 0 Å². The van der Waals surface area contributed by atoms with Crippen molar-refractivity contribution in [3.05, 3.63) is 64.1 Å². The summed E-state index contributed by atoms with van der Waals surface area (Å²) in [5.74, 6) is 1.00. The van der Waals surface area contributed by atoms with Gasteiger partial charge in [0.2, 0.25) is 11.8 Å². The second-order valence-corrected chi connectivity index (χ2v) is 8.93. The average Bonchev–Trinajstić information content (AvgIpc) is 3.14. The molecule has 5 rings (SSSR count). The Morgan fingerprint density at radius 2 is 1.87 bits per heavy atom. The van der Waals surface area contributed by atoms with Crippen molar-refractivity contribution >= 4 is 11.8 Å². The summed E-state index contributed by atoms with van der Waals surface area (Å²) in [6.45, 7) is 2.84. The molecule has 3 aliphatic rings. The molecule has 162 valence electrons. The molecule has 2 aromatic rings. The third-order valence-corrected chi connectivity index (χ3v) is 6.91. The van der Waals surface area contributed by atoms with Crippen molar-refractivity contribution in [2.45, 2.75) is 31.8 Å². The molecule has 1 aromatic carbocycles. The third-order valence-electron chi connectivity index (χ3n) is 6.91. The van der Waals surface area contributed by atoms with E-state index in [0.717, 1.165) is 23.4 Å². The normalized spacial score (nSPS) is 24.8. The van der Waals surface area contributed by atoms with Gasteiger partial charge < -0.3 is 19.1 Å². The van der Waals surface area contributed by atoms with Gasteiger partial charge in [-0.2, -0.15) is 0 Å². The molecular weight excluding hydrogens is 394 g/mol. The largest absolute Gasteiger partial charge is 0.496 e. The number of carbonyl (C=O) groups is 2. The standard InChI is InChI=1S/C24H27N3O4/c1-31-21-7-3-2-5-17(21)13-25-15-19(10-23(25)29)24(30)26-11-16-9-18(14-26)20-6-4-8-22(28)27(20)12-16/h2-8,16,18-19H,9-15H2,1H3/t16-,18+,19+/m0/s1. The quantitative estimate of drug-likeness (QED) is 0.756. The van der Waals surface area contributed by atoms with E-state index in [1.54, 1.807) is 24.1 Å². The molecule has 0 N–H and O–H groups in total. The highest BCUT2D eigenvalue weighted by molar-refractivity contribution is 5.89. The summed E-state index contributed by atoms with van der Waals surface area (Å²) >= 11 is 0. The fourth-order valence-electron chi connectivity index (χ4n) is 5.46. The highest BCUT2D eigenvalue weighted by Crippen LogP contribution is 2.36. The number of pyridine rings is 1. The van der Waals surface area contributed by atoms with E-state index in [-0.39, 0.29) is 41.5 Å². The van der Waals surface area contributed by atoms with Crippen LogP contribution in [0.15, 0.2) is 47.3 Å². The van der Waals surface area contributed by atoms with Crippen molar-refractivity contribution in [3.8, 4) is 5.75 Å². The Bertz CT molecular complexity index is 1080. The first-order chi connectivity index (χ1) is 15.0. The van der Waals surface area contributed by atoms with Crippen LogP contribution in [0, 0.1) is 11.8 Å². The summed E-state index contributed by atoms with van der Waals surface area (Å²) in [4.78, 5) is 41.9. The number of amides is 2. The number of benzene rings is 1. The number of piperidine rings is 1. The maximum Gasteiger partial charge on any atom is 0.250 e. The van der Waals surface area contributed by atoms with Crippen molar-refractivity contribution in [3.63, 3.8) is 0 Å². The van der Waals surface area contributed by atoms with Crippen LogP contribution in [0.2, 0.25) is 0 Å². The first kappa shape index (κ1) is 19.8. The summed E-state index contributed by atoms with van der Waals surface area (Å²) in [7, 11) is 1.62. The number of methoxy groups -OCH3 is 1. The number of hydrogen-bond acceptors (Lipinski definition) is 4. The van der Waals surface area contributed by atoms with Crippen molar-refractivity contribution in [1.82, 2.24) is 14.4 Å². The molecule has 2 amide bonds. The van der Waals surface area contributed by atoms with Crippen LogP contribution in [-0.4, -0.2) is 52.9 Å². The van der Waals surface area contributed by atoms with E-state index < -0.39 is 0 Å². The fourth-order valence-corrected chi connectivity index (χ4v) is 5.46. The zero-order valence-corrected chi connectivity index (χ0v) is 17.7. The molecule has 4 heterocycles. The average molecular weight is 421 g/mol. The summed E-state index contributed by atoms with van der Waals surface area (Å²) in [6, 6.07) is 13.1. The smallest absolute Gasteiger partial charge is 0.250 e. The Morgan fingerprint density at radius 3 is 2.71 bits per heavy atom. The number of ether oxygens (including phenoxy) is 1. The maximum atomic E-state index is 13.3. The third kappa shape index (κ3) is 3.62. The second-order valence-electron chi connectivity index (χ2n) is 8.93. The van der Waals surface area contributed by atoms with Crippen LogP contribution in [0.1, 0.15) is 30.0 Å². The monoisotopic (exact) mass is 421 g/mol. The number of para-hydroxylation sites is 1. The molecule has 1 aromatic heterocycles. The van der Waals surface area contributed by atoms with E-state index in [1.807, 2.05) is 39.8 Å². The van der Waals surface area contributed by atoms with Crippen LogP contribution in [0.4, 0.5) is 0 Å². The minimum Gasteiger partial charge on any atom is -0.496 e. The number of nitrogens with zero attached hydrogens (tertiary/aromatic N) is 3. The van der Waals surface area contributed by atoms with Crippen molar-refractivity contribution in [1.29, 1.82) is 0 Å². The van der Waals surface area contributed by atoms with Crippen LogP contribution in [0.5, 0.6) is 5.75 Å². The maximum absolute atomic E-state index is 13.3. The van der Waals surface area contributed by atoms with Gasteiger partial charge in [-0.3, -0.25) is 14.4 Å². The van der Waals surface area contributed by atoms with Crippen LogP contribution in [0.25, 0.3) is 0 Å². The molecule has 2 fully saturated rings. The number of aromatic nitrogens is 1. The van der Waals surface area contributed by atoms with E-state index in [9.17, 15) is 14.4 Å². The summed E-state index contributed by atoms with van der Waals surface area (Å²) in [5.41, 5.74) is 2.02. The Balaban J connectivity index is 1.28. The van der Waals surface area contributed by atoms with Gasteiger partial charge in [0.05, 0.1) is 13.0 Å². The van der Waals surface area contributed by atoms with E-state index in [1.165, 1.54) is 0 Å². The fraction of sp³-hybridized carbons (Fsp3) is 0.458. The number of carbonyl (C=O) groups excluding carboxylic acids is 2. The molecule has 2 saturated heterocycles. The predicted molar refractivity (Wildman–Crippen MR) is 115 cm³/mol. The van der Waals surface area contributed by atoms with E-state index >= 15 is 0 Å². The van der Waals surface area contributed by atoms with Gasteiger partial charge in [0, 0.05) is 62.4 Å². The van der Waals surface area contributed by atoms with E-state index in [4.69, 9.17) is 4.74 Å². The predicted octanol–water partition coefficient (Wildman–Crippen LogP) is 1.85. The molecule has 0 spiro atoms. The molecule has 0 radical (unpaired) electrons. The molecule has 3 atom stereocenters. The van der Waals surface area contributed by atoms with Crippen molar-refractivity contribution < 1.29 is 14.3 Å². The molecule has 0 saturated carbocycles. The Kier molecular flexibility index (Phi) is 5.04. The van der Waals surface area contributed by atoms with Gasteiger partial charge >= 0.3 is 0 Å². The molecule has 0 unspecified atom stereocenters. The van der Waals surface area contributed by atoms with Crippen molar-refractivity contribution in [2.75, 3.05) is 26.7 Å². The van der Waals surface area contributed by atoms with E-state index in [2.05, 4.69) is 0 Å². The molecule has 31 heavy (non-hydrogen) atoms. The minimum atomic E-state index is -0.306. The van der Waals surface area contributed by atoms with Gasteiger partial charge in [-0.25, -0.2) is 0 Å². The number of likely N-dealkylation sites (tertiary alicyclic amines) is 2. The van der Waals surface area contributed by atoms with Crippen LogP contribution < -0.4 is 10.3 Å². The van der Waals surface area contributed by atoms with Crippen molar-refractivity contribution in [2.24, 2.45) is 11.8 Å². The number of hydrogen-bond donors (Lipinski definition) is 0. The minimum absolute atomic E-state index is 0.0124. The molecule has 7 heteroatoms. The zero-order valence-electron chi connectivity index (χ0n) is 17.7. The molecule has 7 nitrogen and oxygen atoms in total. The molecule has 3 aliphatic heterocycles. The summed E-state index contributed by atoms with van der Waals surface area (Å²) < 4.78 is 7.27. The van der Waals surface area contributed by atoms with Gasteiger partial charge in [0.1, 0.15) is 5.75 Å². The topological polar surface area (TPSA) is 71.8 Å². The second kappa shape index (κ2) is 7.87. The summed E-state index contributed by atoms with van der Waals surface area (Å²) in [5, 5.41) is 0. The molecular formula is C24H27N3O4. The molecule has 0 aliphatic carbocycles. The lowest BCUT2D eigenvalue weighted by molar-refractivity contribution is -0.138. The Hall–Kier alpha value is -3.09. The lowest BCUT2D eigenvalue weighted by Gasteiger charge is -2.43. The first-order valence-corrected chi connectivity index (χ1v) is 10.9. The van der Waals surface area contributed by atoms with Gasteiger partial charge in [-0.1, -0.05) is 24.3 Å². The SMILES string of the molecule is COc1ccccc1CN1C[C@H](C(=O)N2C[C@@H]3C[C@H](C2)c2cccc(=O)n2C3)CC1=O. The van der Waals surface area contributed by atoms with Gasteiger partial charge in [-0.15, -0.1) is 0 Å². The first-order valence-electron chi connectivity index (χ1n) is 10.9. The van der Waals surface area contributed by atoms with Gasteiger partial charge in [0.25, 0.3) is 5.56 Å². The molecule has 2 bridgehead atoms. The van der Waals surface area contributed by atoms with Crippen LogP contribution in [0.3, 0.4) is 0 Å². The Labute approximate surface area is 181 Å². The Morgan fingerprint density at radius 1 is 1.03 bits per heavy atom.